The van der Waals surface area contributed by atoms with E-state index in [0.29, 0.717) is 39.1 Å². The topological polar surface area (TPSA) is 94.5 Å². The first-order valence-electron chi connectivity index (χ1n) is 17.1. The van der Waals surface area contributed by atoms with Crippen LogP contribution in [0.2, 0.25) is 0 Å². The van der Waals surface area contributed by atoms with Gasteiger partial charge in [0.2, 0.25) is 5.91 Å². The third-order valence-corrected chi connectivity index (χ3v) is 10.1. The summed E-state index contributed by atoms with van der Waals surface area (Å²) in [4.78, 5) is 26.4. The molecule has 1 saturated heterocycles. The molecule has 3 aromatic rings. The molecule has 1 aliphatic heterocycles. The number of benzene rings is 3. The molecule has 0 saturated carbocycles. The molecule has 1 fully saturated rings. The van der Waals surface area contributed by atoms with Gasteiger partial charge in [-0.05, 0) is 71.0 Å². The van der Waals surface area contributed by atoms with Gasteiger partial charge in [0.25, 0.3) is 0 Å². The Morgan fingerprint density at radius 1 is 0.708 bits per heavy atom. The highest BCUT2D eigenvalue weighted by atomic mass is 16.5. The Hall–Kier alpha value is -3.88. The lowest BCUT2D eigenvalue weighted by Crippen LogP contribution is -2.42. The number of ether oxygens (including phenoxy) is 4. The molecule has 2 unspecified atom stereocenters. The van der Waals surface area contributed by atoms with Crippen molar-refractivity contribution in [3.63, 3.8) is 0 Å². The fourth-order valence-electron chi connectivity index (χ4n) is 6.52. The van der Waals surface area contributed by atoms with Crippen molar-refractivity contribution in [1.82, 2.24) is 4.90 Å². The number of unbranched alkanes of at least 4 members (excludes halogenated alkanes) is 5. The molecule has 3 aromatic carbocycles. The van der Waals surface area contributed by atoms with E-state index in [0.717, 1.165) is 77.8 Å². The first-order chi connectivity index (χ1) is 23.1. The molecule has 8 heteroatoms. The molecule has 4 rings (SSSR count). The minimum absolute atomic E-state index is 0.0180. The van der Waals surface area contributed by atoms with Crippen LogP contribution in [0.15, 0.2) is 66.7 Å². The molecule has 1 amide bonds. The second-order valence-corrected chi connectivity index (χ2v) is 13.5. The van der Waals surface area contributed by atoms with E-state index in [4.69, 9.17) is 14.2 Å². The van der Waals surface area contributed by atoms with Gasteiger partial charge in [-0.15, -0.1) is 0 Å². The summed E-state index contributed by atoms with van der Waals surface area (Å²) in [6.45, 7) is 6.06. The molecule has 260 valence electrons. The van der Waals surface area contributed by atoms with Gasteiger partial charge >= 0.3 is 5.97 Å². The molecule has 1 heterocycles. The number of amides is 1. The molecule has 0 radical (unpaired) electrons. The second kappa shape index (κ2) is 17.5. The summed E-state index contributed by atoms with van der Waals surface area (Å²) in [5.41, 5.74) is 4.51. The Labute approximate surface area is 286 Å². The van der Waals surface area contributed by atoms with Crippen LogP contribution in [0.3, 0.4) is 0 Å². The maximum absolute atomic E-state index is 13.2. The van der Waals surface area contributed by atoms with Crippen LogP contribution in [0.4, 0.5) is 0 Å². The van der Waals surface area contributed by atoms with Crippen molar-refractivity contribution < 1.29 is 33.6 Å². The van der Waals surface area contributed by atoms with E-state index in [2.05, 4.69) is 61.0 Å². The molecule has 0 bridgehead atoms. The highest BCUT2D eigenvalue weighted by Crippen LogP contribution is 2.46. The van der Waals surface area contributed by atoms with Crippen LogP contribution in [0.1, 0.15) is 70.8 Å². The summed E-state index contributed by atoms with van der Waals surface area (Å²) >= 11 is 0. The molecule has 0 aliphatic carbocycles. The van der Waals surface area contributed by atoms with Gasteiger partial charge in [0.05, 0.1) is 41.2 Å². The van der Waals surface area contributed by atoms with Gasteiger partial charge in [0.1, 0.15) is 11.5 Å². The average Bonchev–Trinajstić information content (AvgIpc) is 3.39. The van der Waals surface area contributed by atoms with E-state index in [1.165, 1.54) is 7.11 Å². The van der Waals surface area contributed by atoms with Gasteiger partial charge in [-0.3, -0.25) is 9.59 Å². The van der Waals surface area contributed by atoms with Crippen LogP contribution < -0.4 is 9.47 Å². The monoisotopic (exact) mass is 659 g/mol. The minimum Gasteiger partial charge on any atom is -0.497 e. The number of nitrogens with zero attached hydrogens (tertiary/aromatic N) is 1. The number of esters is 1. The maximum Gasteiger partial charge on any atom is 0.305 e. The van der Waals surface area contributed by atoms with Gasteiger partial charge in [-0.1, -0.05) is 75.9 Å². The molecule has 48 heavy (non-hydrogen) atoms. The van der Waals surface area contributed by atoms with Crippen LogP contribution in [-0.4, -0.2) is 69.5 Å². The fraction of sp³-hybridized carbons (Fsp3) is 0.500. The SMILES string of the molecule is COC(=O)CCCCCCCCC(=O)N1CC(C)(CO)C(C)(COCc2ccc(-c3ccc(OC)cc3)cc2-c2ccc(OC)cc2)C1. The number of aliphatic hydroxyl groups is 1. The zero-order chi connectivity index (χ0) is 34.6. The van der Waals surface area contributed by atoms with Crippen molar-refractivity contribution >= 4 is 11.9 Å². The summed E-state index contributed by atoms with van der Waals surface area (Å²) < 4.78 is 21.9. The number of methoxy groups -OCH3 is 3. The third-order valence-electron chi connectivity index (χ3n) is 10.1. The lowest BCUT2D eigenvalue weighted by atomic mass is 9.69. The summed E-state index contributed by atoms with van der Waals surface area (Å²) in [6, 6.07) is 22.5. The van der Waals surface area contributed by atoms with Gasteiger partial charge in [-0.25, -0.2) is 0 Å². The predicted octanol–water partition coefficient (Wildman–Crippen LogP) is 7.70. The van der Waals surface area contributed by atoms with Crippen LogP contribution in [0.25, 0.3) is 22.3 Å². The lowest BCUT2D eigenvalue weighted by Gasteiger charge is -2.38. The Bertz CT molecular complexity index is 1470. The normalized spacial score (nSPS) is 18.9. The summed E-state index contributed by atoms with van der Waals surface area (Å²) in [7, 11) is 4.75. The van der Waals surface area contributed by atoms with Crippen molar-refractivity contribution in [3.8, 4) is 33.8 Å². The highest BCUT2D eigenvalue weighted by Gasteiger charge is 2.52. The quantitative estimate of drug-likeness (QED) is 0.111. The molecule has 1 aliphatic rings. The summed E-state index contributed by atoms with van der Waals surface area (Å²) in [5.74, 6) is 1.60. The zero-order valence-corrected chi connectivity index (χ0v) is 29.4. The average molecular weight is 660 g/mol. The standard InChI is InChI=1S/C40H53NO7/c1-39(28-42)26-41(37(43)12-10-8-6-7-9-11-13-38(44)47-5)27-40(39,2)29-48-25-33-15-14-32(30-16-20-34(45-3)21-17-30)24-36(33)31-18-22-35(46-4)23-19-31/h14-24,42H,6-13,25-29H2,1-5H3. The van der Waals surface area contributed by atoms with E-state index < -0.39 is 10.8 Å². The number of carbonyl (C=O) groups is 2. The molecule has 0 spiro atoms. The maximum atomic E-state index is 13.2. The fourth-order valence-corrected chi connectivity index (χ4v) is 6.52. The molecule has 8 nitrogen and oxygen atoms in total. The third kappa shape index (κ3) is 9.38. The molecule has 2 atom stereocenters. The predicted molar refractivity (Wildman–Crippen MR) is 189 cm³/mol. The van der Waals surface area contributed by atoms with Crippen LogP contribution >= 0.6 is 0 Å². The molecular weight excluding hydrogens is 606 g/mol. The van der Waals surface area contributed by atoms with Gasteiger partial charge < -0.3 is 29.0 Å². The van der Waals surface area contributed by atoms with Crippen molar-refractivity contribution in [2.75, 3.05) is 47.6 Å². The Balaban J connectivity index is 1.38. The van der Waals surface area contributed by atoms with Gasteiger partial charge in [-0.2, -0.15) is 0 Å². The second-order valence-electron chi connectivity index (χ2n) is 13.5. The number of carbonyl (C=O) groups excluding carboxylic acids is 2. The highest BCUT2D eigenvalue weighted by molar-refractivity contribution is 5.77. The first-order valence-corrected chi connectivity index (χ1v) is 17.1. The van der Waals surface area contributed by atoms with Crippen LogP contribution in [0, 0.1) is 10.8 Å². The van der Waals surface area contributed by atoms with E-state index in [9.17, 15) is 14.7 Å². The van der Waals surface area contributed by atoms with E-state index in [1.54, 1.807) is 14.2 Å². The Morgan fingerprint density at radius 2 is 1.25 bits per heavy atom. The molecule has 1 N–H and O–H groups in total. The zero-order valence-electron chi connectivity index (χ0n) is 29.4. The van der Waals surface area contributed by atoms with Gasteiger partial charge in [0, 0.05) is 36.8 Å². The van der Waals surface area contributed by atoms with Crippen molar-refractivity contribution in [2.45, 2.75) is 71.8 Å². The van der Waals surface area contributed by atoms with Crippen LogP contribution in [0.5, 0.6) is 11.5 Å². The Kier molecular flexibility index (Phi) is 13.5. The van der Waals surface area contributed by atoms with Gasteiger partial charge in [0.15, 0.2) is 0 Å². The number of hydrogen-bond acceptors (Lipinski definition) is 7. The number of rotatable bonds is 18. The largest absolute Gasteiger partial charge is 0.497 e. The number of likely N-dealkylation sites (tertiary alicyclic amines) is 1. The van der Waals surface area contributed by atoms with E-state index >= 15 is 0 Å². The van der Waals surface area contributed by atoms with E-state index in [1.807, 2.05) is 29.2 Å². The number of hydrogen-bond donors (Lipinski definition) is 1. The number of aliphatic hydroxyl groups excluding tert-OH is 1. The molecule has 0 aromatic heterocycles. The smallest absolute Gasteiger partial charge is 0.305 e. The minimum atomic E-state index is -0.473. The van der Waals surface area contributed by atoms with Crippen LogP contribution in [-0.2, 0) is 25.7 Å². The summed E-state index contributed by atoms with van der Waals surface area (Å²) in [5, 5.41) is 10.5. The summed E-state index contributed by atoms with van der Waals surface area (Å²) in [6.07, 6.45) is 6.75. The lowest BCUT2D eigenvalue weighted by molar-refractivity contribution is -0.140. The molecular formula is C40H53NO7. The van der Waals surface area contributed by atoms with Crippen molar-refractivity contribution in [2.24, 2.45) is 10.8 Å². The Morgan fingerprint density at radius 3 is 1.83 bits per heavy atom. The van der Waals surface area contributed by atoms with E-state index in [-0.39, 0.29) is 18.5 Å². The van der Waals surface area contributed by atoms with Crippen molar-refractivity contribution in [1.29, 1.82) is 0 Å². The van der Waals surface area contributed by atoms with Crippen molar-refractivity contribution in [3.05, 3.63) is 72.3 Å². The first kappa shape index (κ1) is 36.9.